The van der Waals surface area contributed by atoms with Crippen LogP contribution in [0.15, 0.2) is 42.5 Å². The molecule has 0 atom stereocenters. The van der Waals surface area contributed by atoms with E-state index in [4.69, 9.17) is 0 Å². The molecule has 0 fully saturated rings. The van der Waals surface area contributed by atoms with Gasteiger partial charge in [-0.3, -0.25) is 10.1 Å². The first-order chi connectivity index (χ1) is 12.4. The van der Waals surface area contributed by atoms with Crippen molar-refractivity contribution < 1.29 is 23.5 Å². The van der Waals surface area contributed by atoms with Gasteiger partial charge in [-0.2, -0.15) is 0 Å². The van der Waals surface area contributed by atoms with Crippen LogP contribution in [-0.4, -0.2) is 22.0 Å². The van der Waals surface area contributed by atoms with Gasteiger partial charge in [-0.15, -0.1) is 0 Å². The van der Waals surface area contributed by atoms with Crippen LogP contribution >= 0.6 is 11.3 Å². The highest BCUT2D eigenvalue weighted by atomic mass is 32.1. The van der Waals surface area contributed by atoms with Gasteiger partial charge < -0.3 is 5.11 Å². The number of hydrogen-bond acceptors (Lipinski definition) is 4. The standard InChI is InChI=1S/C18H12F2N2O3S/c1-9-4-2-5-10(8-9)15-14(17(24)25)21-18(26-15)22-16(23)13-11(19)6-3-7-12(13)20/h2-8H,1H3,(H,24,25)(H,21,22,23). The van der Waals surface area contributed by atoms with Crippen LogP contribution in [-0.2, 0) is 0 Å². The number of rotatable bonds is 4. The summed E-state index contributed by atoms with van der Waals surface area (Å²) in [6, 6.07) is 10.2. The second-order valence-electron chi connectivity index (χ2n) is 5.42. The Labute approximate surface area is 150 Å². The second-order valence-corrected chi connectivity index (χ2v) is 6.42. The van der Waals surface area contributed by atoms with Crippen LogP contribution in [0.5, 0.6) is 0 Å². The second kappa shape index (κ2) is 7.01. The van der Waals surface area contributed by atoms with Crippen LogP contribution in [0.2, 0.25) is 0 Å². The van der Waals surface area contributed by atoms with Crippen molar-refractivity contribution in [3.63, 3.8) is 0 Å². The largest absolute Gasteiger partial charge is 0.476 e. The van der Waals surface area contributed by atoms with Crippen molar-refractivity contribution in [2.24, 2.45) is 0 Å². The van der Waals surface area contributed by atoms with Gasteiger partial charge in [0.1, 0.15) is 17.2 Å². The van der Waals surface area contributed by atoms with E-state index in [0.29, 0.717) is 10.4 Å². The predicted octanol–water partition coefficient (Wildman–Crippen LogP) is 4.35. The van der Waals surface area contributed by atoms with Gasteiger partial charge in [-0.1, -0.05) is 47.2 Å². The summed E-state index contributed by atoms with van der Waals surface area (Å²) in [6.45, 7) is 1.86. The summed E-state index contributed by atoms with van der Waals surface area (Å²) in [5, 5.41) is 11.6. The molecule has 2 N–H and O–H groups in total. The first kappa shape index (κ1) is 17.7. The number of halogens is 2. The summed E-state index contributed by atoms with van der Waals surface area (Å²) in [6.07, 6.45) is 0. The Bertz CT molecular complexity index is 997. The smallest absolute Gasteiger partial charge is 0.356 e. The van der Waals surface area contributed by atoms with Crippen LogP contribution in [0.3, 0.4) is 0 Å². The summed E-state index contributed by atoms with van der Waals surface area (Å²) < 4.78 is 27.4. The van der Waals surface area contributed by atoms with E-state index in [2.05, 4.69) is 10.3 Å². The van der Waals surface area contributed by atoms with Gasteiger partial charge in [0, 0.05) is 0 Å². The molecule has 1 amide bonds. The molecule has 26 heavy (non-hydrogen) atoms. The van der Waals surface area contributed by atoms with Crippen LogP contribution in [0.4, 0.5) is 13.9 Å². The Kier molecular flexibility index (Phi) is 4.77. The Balaban J connectivity index is 1.98. The van der Waals surface area contributed by atoms with E-state index in [-0.39, 0.29) is 10.8 Å². The van der Waals surface area contributed by atoms with Gasteiger partial charge in [0.25, 0.3) is 5.91 Å². The third-order valence-electron chi connectivity index (χ3n) is 3.52. The van der Waals surface area contributed by atoms with Crippen molar-refractivity contribution in [2.75, 3.05) is 5.32 Å². The Hall–Kier alpha value is -3.13. The van der Waals surface area contributed by atoms with Gasteiger partial charge in [0.05, 0.1) is 4.88 Å². The van der Waals surface area contributed by atoms with E-state index in [9.17, 15) is 23.5 Å². The van der Waals surface area contributed by atoms with Crippen LogP contribution in [0, 0.1) is 18.6 Å². The summed E-state index contributed by atoms with van der Waals surface area (Å²) in [4.78, 5) is 27.9. The minimum atomic E-state index is -1.27. The number of hydrogen-bond donors (Lipinski definition) is 2. The molecule has 2 aromatic carbocycles. The van der Waals surface area contributed by atoms with Crippen molar-refractivity contribution >= 4 is 28.3 Å². The fourth-order valence-electron chi connectivity index (χ4n) is 2.37. The maximum Gasteiger partial charge on any atom is 0.356 e. The fraction of sp³-hybridized carbons (Fsp3) is 0.0556. The summed E-state index contributed by atoms with van der Waals surface area (Å²) in [7, 11) is 0. The number of amides is 1. The molecule has 0 unspecified atom stereocenters. The summed E-state index contributed by atoms with van der Waals surface area (Å²) in [5.74, 6) is -4.34. The van der Waals surface area contributed by atoms with Gasteiger partial charge in [0.15, 0.2) is 10.8 Å². The average Bonchev–Trinajstić information content (AvgIpc) is 2.99. The summed E-state index contributed by atoms with van der Waals surface area (Å²) in [5.41, 5.74) is 0.547. The topological polar surface area (TPSA) is 79.3 Å². The highest BCUT2D eigenvalue weighted by Gasteiger charge is 2.22. The molecule has 3 aromatic rings. The Morgan fingerprint density at radius 1 is 1.12 bits per heavy atom. The molecule has 0 saturated carbocycles. The zero-order valence-corrected chi connectivity index (χ0v) is 14.2. The first-order valence-corrected chi connectivity index (χ1v) is 8.25. The first-order valence-electron chi connectivity index (χ1n) is 7.43. The molecule has 0 aliphatic heterocycles. The number of carboxylic acid groups (broad SMARTS) is 1. The van der Waals surface area contributed by atoms with Crippen molar-refractivity contribution in [3.8, 4) is 10.4 Å². The number of aromatic carboxylic acids is 1. The van der Waals surface area contributed by atoms with Gasteiger partial charge in [-0.25, -0.2) is 18.6 Å². The SMILES string of the molecule is Cc1cccc(-c2sc(NC(=O)c3c(F)cccc3F)nc2C(=O)O)c1. The predicted molar refractivity (Wildman–Crippen MR) is 93.6 cm³/mol. The maximum atomic E-state index is 13.7. The zero-order chi connectivity index (χ0) is 18.8. The monoisotopic (exact) mass is 374 g/mol. The highest BCUT2D eigenvalue weighted by molar-refractivity contribution is 7.19. The molecule has 0 aliphatic carbocycles. The number of benzene rings is 2. The van der Waals surface area contributed by atoms with E-state index in [1.807, 2.05) is 13.0 Å². The van der Waals surface area contributed by atoms with Crippen LogP contribution < -0.4 is 5.32 Å². The average molecular weight is 374 g/mol. The Morgan fingerprint density at radius 2 is 1.77 bits per heavy atom. The maximum absolute atomic E-state index is 13.7. The number of thiazole rings is 1. The molecular formula is C18H12F2N2O3S. The Morgan fingerprint density at radius 3 is 2.38 bits per heavy atom. The van der Waals surface area contributed by atoms with Gasteiger partial charge in [-0.05, 0) is 24.6 Å². The number of carbonyl (C=O) groups excluding carboxylic acids is 1. The van der Waals surface area contributed by atoms with Crippen LogP contribution in [0.25, 0.3) is 10.4 Å². The number of carboxylic acids is 1. The van der Waals surface area contributed by atoms with E-state index in [1.54, 1.807) is 18.2 Å². The summed E-state index contributed by atoms with van der Waals surface area (Å²) >= 11 is 0.916. The lowest BCUT2D eigenvalue weighted by molar-refractivity contribution is 0.0692. The molecule has 5 nitrogen and oxygen atoms in total. The molecule has 8 heteroatoms. The number of anilines is 1. The van der Waals surface area contributed by atoms with Crippen molar-refractivity contribution in [3.05, 3.63) is 70.9 Å². The number of nitrogens with one attached hydrogen (secondary N) is 1. The van der Waals surface area contributed by atoms with E-state index in [1.165, 1.54) is 0 Å². The molecular weight excluding hydrogens is 362 g/mol. The molecule has 132 valence electrons. The molecule has 0 radical (unpaired) electrons. The lowest BCUT2D eigenvalue weighted by atomic mass is 10.1. The lowest BCUT2D eigenvalue weighted by Gasteiger charge is -2.04. The van der Waals surface area contributed by atoms with E-state index in [0.717, 1.165) is 35.1 Å². The lowest BCUT2D eigenvalue weighted by Crippen LogP contribution is -2.15. The third kappa shape index (κ3) is 3.45. The number of nitrogens with zero attached hydrogens (tertiary/aromatic N) is 1. The van der Waals surface area contributed by atoms with Crippen LogP contribution in [0.1, 0.15) is 26.4 Å². The van der Waals surface area contributed by atoms with Crippen molar-refractivity contribution in [2.45, 2.75) is 6.92 Å². The number of aromatic nitrogens is 1. The minimum absolute atomic E-state index is 0.0634. The highest BCUT2D eigenvalue weighted by Crippen LogP contribution is 2.34. The number of carbonyl (C=O) groups is 2. The molecule has 1 heterocycles. The third-order valence-corrected chi connectivity index (χ3v) is 4.54. The molecule has 1 aromatic heterocycles. The van der Waals surface area contributed by atoms with Gasteiger partial charge >= 0.3 is 5.97 Å². The molecule has 3 rings (SSSR count). The molecule has 0 saturated heterocycles. The molecule has 0 aliphatic rings. The zero-order valence-electron chi connectivity index (χ0n) is 13.4. The van der Waals surface area contributed by atoms with E-state index < -0.39 is 29.1 Å². The van der Waals surface area contributed by atoms with Crippen molar-refractivity contribution in [1.29, 1.82) is 0 Å². The fourth-order valence-corrected chi connectivity index (χ4v) is 3.32. The molecule has 0 bridgehead atoms. The van der Waals surface area contributed by atoms with E-state index >= 15 is 0 Å². The van der Waals surface area contributed by atoms with Crippen molar-refractivity contribution in [1.82, 2.24) is 4.98 Å². The molecule has 0 spiro atoms. The van der Waals surface area contributed by atoms with Gasteiger partial charge in [0.2, 0.25) is 0 Å². The quantitative estimate of drug-likeness (QED) is 0.712. The minimum Gasteiger partial charge on any atom is -0.476 e. The number of aryl methyl sites for hydroxylation is 1. The normalized spacial score (nSPS) is 10.6.